The van der Waals surface area contributed by atoms with Gasteiger partial charge in [0.1, 0.15) is 17.0 Å². The van der Waals surface area contributed by atoms with Crippen molar-refractivity contribution in [3.8, 4) is 0 Å². The third-order valence-electron chi connectivity index (χ3n) is 5.45. The predicted molar refractivity (Wildman–Crippen MR) is 104 cm³/mol. The van der Waals surface area contributed by atoms with Crippen LogP contribution in [0.3, 0.4) is 0 Å². The molecule has 0 aliphatic carbocycles. The second-order valence-corrected chi connectivity index (χ2v) is 9.02. The molecule has 0 saturated carbocycles. The summed E-state index contributed by atoms with van der Waals surface area (Å²) in [6, 6.07) is 12.0. The largest absolute Gasteiger partial charge is 0.393 e. The van der Waals surface area contributed by atoms with Crippen LogP contribution in [0.5, 0.6) is 0 Å². The zero-order valence-corrected chi connectivity index (χ0v) is 15.9. The topological polar surface area (TPSA) is 32.3 Å². The minimum absolute atomic E-state index is 0.289. The minimum Gasteiger partial charge on any atom is -0.355 e. The van der Waals surface area contributed by atoms with Crippen molar-refractivity contribution in [2.24, 2.45) is 5.41 Å². The molecule has 0 radical (unpaired) electrons. The lowest BCUT2D eigenvalue weighted by molar-refractivity contribution is -0.126. The Morgan fingerprint density at radius 1 is 1.04 bits per heavy atom. The average Bonchev–Trinajstić information content (AvgIpc) is 2.97. The van der Waals surface area contributed by atoms with Gasteiger partial charge in [-0.2, -0.15) is 13.2 Å². The summed E-state index contributed by atoms with van der Waals surface area (Å²) in [7, 11) is 0. The van der Waals surface area contributed by atoms with Crippen LogP contribution in [0.4, 0.5) is 19.0 Å². The van der Waals surface area contributed by atoms with Crippen LogP contribution in [0.2, 0.25) is 0 Å². The van der Waals surface area contributed by atoms with Crippen molar-refractivity contribution in [2.75, 3.05) is 31.1 Å². The number of hydrogen-bond donors (Lipinski definition) is 0. The minimum atomic E-state index is -4.20. The van der Waals surface area contributed by atoms with Gasteiger partial charge in [0.15, 0.2) is 0 Å². The first-order chi connectivity index (χ1) is 13.4. The Bertz CT molecular complexity index is 988. The summed E-state index contributed by atoms with van der Waals surface area (Å²) in [5.74, 6) is 0.766. The molecular formula is C20H19F3N4S. The molecule has 0 atom stereocenters. The summed E-state index contributed by atoms with van der Waals surface area (Å²) in [6.07, 6.45) is -3.66. The molecule has 2 fully saturated rings. The number of alkyl halides is 3. The Morgan fingerprint density at radius 2 is 1.79 bits per heavy atom. The maximum absolute atomic E-state index is 12.7. The van der Waals surface area contributed by atoms with Gasteiger partial charge in [0.25, 0.3) is 0 Å². The Hall–Kier alpha value is -2.19. The molecule has 1 spiro atoms. The van der Waals surface area contributed by atoms with Gasteiger partial charge in [0.2, 0.25) is 0 Å². The summed E-state index contributed by atoms with van der Waals surface area (Å²) >= 11 is 1.11. The van der Waals surface area contributed by atoms with E-state index in [0.717, 1.165) is 55.3 Å². The van der Waals surface area contributed by atoms with E-state index in [1.54, 1.807) is 6.07 Å². The van der Waals surface area contributed by atoms with Crippen LogP contribution in [0.15, 0.2) is 42.7 Å². The molecule has 2 aliphatic heterocycles. The van der Waals surface area contributed by atoms with E-state index in [-0.39, 0.29) is 10.3 Å². The number of hydrogen-bond acceptors (Lipinski definition) is 5. The molecular weight excluding hydrogens is 385 g/mol. The zero-order valence-electron chi connectivity index (χ0n) is 15.1. The van der Waals surface area contributed by atoms with E-state index >= 15 is 0 Å². The van der Waals surface area contributed by atoms with Crippen LogP contribution in [0.25, 0.3) is 10.2 Å². The monoisotopic (exact) mass is 404 g/mol. The Balaban J connectivity index is 1.25. The lowest BCUT2D eigenvalue weighted by Gasteiger charge is -2.60. The molecule has 4 heterocycles. The summed E-state index contributed by atoms with van der Waals surface area (Å²) in [5, 5.41) is 0.738. The standard InChI is InChI=1S/C20H19F3N4S/c21-20(22,23)7-15-6-16-17(24-13-25-18(16)28-15)27-11-19(12-27)9-26(10-19)8-14-4-2-1-3-5-14/h1-6,13H,7-12H2. The highest BCUT2D eigenvalue weighted by atomic mass is 32.1. The van der Waals surface area contributed by atoms with Gasteiger partial charge in [0.05, 0.1) is 11.8 Å². The van der Waals surface area contributed by atoms with Crippen LogP contribution < -0.4 is 4.90 Å². The van der Waals surface area contributed by atoms with Crippen LogP contribution in [0.1, 0.15) is 10.4 Å². The molecule has 0 bridgehead atoms. The van der Waals surface area contributed by atoms with Crippen molar-refractivity contribution < 1.29 is 13.2 Å². The first-order valence-electron chi connectivity index (χ1n) is 9.21. The number of fused-ring (bicyclic) bond motifs is 1. The molecule has 3 aromatic rings. The van der Waals surface area contributed by atoms with E-state index in [1.807, 2.05) is 6.07 Å². The maximum atomic E-state index is 12.7. The molecule has 5 rings (SSSR count). The summed E-state index contributed by atoms with van der Waals surface area (Å²) in [4.78, 5) is 14.1. The quantitative estimate of drug-likeness (QED) is 0.655. The number of halogens is 3. The third-order valence-corrected chi connectivity index (χ3v) is 6.50. The molecule has 2 aromatic heterocycles. The van der Waals surface area contributed by atoms with Crippen molar-refractivity contribution in [3.05, 3.63) is 53.2 Å². The molecule has 146 valence electrons. The normalized spacial score (nSPS) is 19.0. The molecule has 0 amide bonds. The van der Waals surface area contributed by atoms with Crippen LogP contribution in [-0.2, 0) is 13.0 Å². The van der Waals surface area contributed by atoms with Gasteiger partial charge >= 0.3 is 6.18 Å². The zero-order chi connectivity index (χ0) is 19.4. The van der Waals surface area contributed by atoms with E-state index in [4.69, 9.17) is 0 Å². The predicted octanol–water partition coefficient (Wildman–Crippen LogP) is 4.12. The molecule has 8 heteroatoms. The molecule has 0 unspecified atom stereocenters. The van der Waals surface area contributed by atoms with E-state index in [9.17, 15) is 13.2 Å². The van der Waals surface area contributed by atoms with Gasteiger partial charge in [-0.3, -0.25) is 4.90 Å². The summed E-state index contributed by atoms with van der Waals surface area (Å²) in [5.41, 5.74) is 1.61. The Kier molecular flexibility index (Phi) is 4.10. The lowest BCUT2D eigenvalue weighted by Crippen LogP contribution is -2.72. The van der Waals surface area contributed by atoms with Gasteiger partial charge in [-0.25, -0.2) is 9.97 Å². The third kappa shape index (κ3) is 3.35. The number of thiophene rings is 1. The fourth-order valence-corrected chi connectivity index (χ4v) is 5.42. The van der Waals surface area contributed by atoms with Crippen molar-refractivity contribution in [1.82, 2.24) is 14.9 Å². The molecule has 28 heavy (non-hydrogen) atoms. The fraction of sp³-hybridized carbons (Fsp3) is 0.400. The van der Waals surface area contributed by atoms with Gasteiger partial charge in [-0.05, 0) is 11.6 Å². The molecule has 2 aliphatic rings. The van der Waals surface area contributed by atoms with Gasteiger partial charge in [-0.15, -0.1) is 11.3 Å². The number of aromatic nitrogens is 2. The first kappa shape index (κ1) is 17.9. The summed E-state index contributed by atoms with van der Waals surface area (Å²) < 4.78 is 38.1. The van der Waals surface area contributed by atoms with Gasteiger partial charge in [-0.1, -0.05) is 30.3 Å². The van der Waals surface area contributed by atoms with E-state index in [2.05, 4.69) is 44.0 Å². The number of benzene rings is 1. The number of likely N-dealkylation sites (tertiary alicyclic amines) is 1. The van der Waals surface area contributed by atoms with Crippen molar-refractivity contribution >= 4 is 27.4 Å². The lowest BCUT2D eigenvalue weighted by atomic mass is 9.72. The van der Waals surface area contributed by atoms with Crippen LogP contribution in [-0.4, -0.2) is 47.2 Å². The van der Waals surface area contributed by atoms with E-state index in [1.165, 1.54) is 11.9 Å². The number of rotatable bonds is 4. The van der Waals surface area contributed by atoms with Crippen LogP contribution in [0, 0.1) is 5.41 Å². The molecule has 4 nitrogen and oxygen atoms in total. The first-order valence-corrected chi connectivity index (χ1v) is 10.0. The molecule has 0 N–H and O–H groups in total. The number of anilines is 1. The highest BCUT2D eigenvalue weighted by Crippen LogP contribution is 2.44. The smallest absolute Gasteiger partial charge is 0.355 e. The van der Waals surface area contributed by atoms with Crippen molar-refractivity contribution in [2.45, 2.75) is 19.1 Å². The second-order valence-electron chi connectivity index (χ2n) is 7.91. The SMILES string of the molecule is FC(F)(F)Cc1cc2c(N3CC4(CN(Cc5ccccc5)C4)C3)ncnc2s1. The summed E-state index contributed by atoms with van der Waals surface area (Å²) in [6.45, 7) is 4.86. The van der Waals surface area contributed by atoms with Crippen molar-refractivity contribution in [3.63, 3.8) is 0 Å². The Morgan fingerprint density at radius 3 is 2.50 bits per heavy atom. The van der Waals surface area contributed by atoms with E-state index < -0.39 is 12.6 Å². The van der Waals surface area contributed by atoms with E-state index in [0.29, 0.717) is 4.83 Å². The average molecular weight is 404 g/mol. The van der Waals surface area contributed by atoms with Crippen LogP contribution >= 0.6 is 11.3 Å². The van der Waals surface area contributed by atoms with Gasteiger partial charge < -0.3 is 4.90 Å². The van der Waals surface area contributed by atoms with Gasteiger partial charge in [0, 0.05) is 43.0 Å². The Labute approximate surface area is 164 Å². The second kappa shape index (κ2) is 6.42. The number of nitrogens with zero attached hydrogens (tertiary/aromatic N) is 4. The highest BCUT2D eigenvalue weighted by molar-refractivity contribution is 7.18. The molecule has 1 aromatic carbocycles. The highest BCUT2D eigenvalue weighted by Gasteiger charge is 2.52. The fourth-order valence-electron chi connectivity index (χ4n) is 4.40. The maximum Gasteiger partial charge on any atom is 0.393 e. The molecule has 2 saturated heterocycles. The van der Waals surface area contributed by atoms with Crippen molar-refractivity contribution in [1.29, 1.82) is 0 Å².